The van der Waals surface area contributed by atoms with Gasteiger partial charge in [0, 0.05) is 11.3 Å². The highest BCUT2D eigenvalue weighted by molar-refractivity contribution is 5.92. The fourth-order valence-corrected chi connectivity index (χ4v) is 3.56. The van der Waals surface area contributed by atoms with Crippen LogP contribution in [0.25, 0.3) is 11.3 Å². The van der Waals surface area contributed by atoms with Gasteiger partial charge in [-0.1, -0.05) is 19.1 Å². The third kappa shape index (κ3) is 3.81. The van der Waals surface area contributed by atoms with Crippen molar-refractivity contribution in [2.45, 2.75) is 32.6 Å². The Morgan fingerprint density at radius 2 is 1.93 bits per heavy atom. The maximum Gasteiger partial charge on any atom is 0.229 e. The standard InChI is InChI=1S/C22H20F2N4O/c1-2-18-22(28-20(29)10-12-3-7-16(23)17(24)9-12)27-19-8-4-13-11-14(25)5-6-15(13)21(19)26-18/h3,5-7,9,11H,2,4,8,10,25H2,1H3,(H,27,28,29). The SMILES string of the molecule is CCc1nc2c(nc1NC(=O)Cc1ccc(F)c(F)c1)CCc1cc(N)ccc1-2. The number of rotatable bonds is 4. The molecule has 0 spiro atoms. The van der Waals surface area contributed by atoms with Gasteiger partial charge < -0.3 is 11.1 Å². The Morgan fingerprint density at radius 1 is 1.10 bits per heavy atom. The molecular formula is C22H20F2N4O. The average Bonchev–Trinajstić information content (AvgIpc) is 2.69. The van der Waals surface area contributed by atoms with Gasteiger partial charge in [0.05, 0.1) is 23.5 Å². The highest BCUT2D eigenvalue weighted by atomic mass is 19.2. The number of nitrogens with zero attached hydrogens (tertiary/aromatic N) is 2. The van der Waals surface area contributed by atoms with Crippen LogP contribution < -0.4 is 11.1 Å². The number of carbonyl (C=O) groups excluding carboxylic acids is 1. The van der Waals surface area contributed by atoms with Gasteiger partial charge in [0.25, 0.3) is 0 Å². The van der Waals surface area contributed by atoms with Crippen molar-refractivity contribution in [1.29, 1.82) is 0 Å². The first-order valence-corrected chi connectivity index (χ1v) is 9.47. The first kappa shape index (κ1) is 19.0. The summed E-state index contributed by atoms with van der Waals surface area (Å²) in [4.78, 5) is 21.9. The Kier molecular flexibility index (Phi) is 4.96. The van der Waals surface area contributed by atoms with Crippen molar-refractivity contribution in [3.8, 4) is 11.3 Å². The number of carbonyl (C=O) groups is 1. The molecule has 0 fully saturated rings. The summed E-state index contributed by atoms with van der Waals surface area (Å²) in [6, 6.07) is 9.19. The molecule has 4 rings (SSSR count). The summed E-state index contributed by atoms with van der Waals surface area (Å²) in [5, 5.41) is 2.78. The summed E-state index contributed by atoms with van der Waals surface area (Å²) >= 11 is 0. The van der Waals surface area contributed by atoms with Gasteiger partial charge >= 0.3 is 0 Å². The van der Waals surface area contributed by atoms with Crippen molar-refractivity contribution in [2.24, 2.45) is 0 Å². The zero-order valence-electron chi connectivity index (χ0n) is 15.9. The number of benzene rings is 2. The molecule has 7 heteroatoms. The highest BCUT2D eigenvalue weighted by Gasteiger charge is 2.22. The number of aromatic nitrogens is 2. The first-order chi connectivity index (χ1) is 13.9. The topological polar surface area (TPSA) is 80.9 Å². The molecule has 1 aliphatic carbocycles. The molecule has 0 saturated carbocycles. The van der Waals surface area contributed by atoms with Gasteiger partial charge in [-0.05, 0) is 54.7 Å². The number of anilines is 2. The van der Waals surface area contributed by atoms with Crippen LogP contribution >= 0.6 is 0 Å². The second-order valence-electron chi connectivity index (χ2n) is 7.06. The number of nitrogens with one attached hydrogen (secondary N) is 1. The van der Waals surface area contributed by atoms with E-state index in [9.17, 15) is 13.6 Å². The van der Waals surface area contributed by atoms with Crippen LogP contribution in [0.4, 0.5) is 20.3 Å². The van der Waals surface area contributed by atoms with Crippen molar-refractivity contribution in [3.05, 3.63) is 70.5 Å². The number of amides is 1. The minimum atomic E-state index is -0.975. The average molecular weight is 394 g/mol. The monoisotopic (exact) mass is 394 g/mol. The van der Waals surface area contributed by atoms with Crippen LogP contribution in [0, 0.1) is 11.6 Å². The molecule has 0 bridgehead atoms. The molecule has 1 heterocycles. The summed E-state index contributed by atoms with van der Waals surface area (Å²) in [7, 11) is 0. The van der Waals surface area contributed by atoms with Crippen molar-refractivity contribution in [3.63, 3.8) is 0 Å². The predicted octanol–water partition coefficient (Wildman–Crippen LogP) is 3.85. The van der Waals surface area contributed by atoms with Crippen molar-refractivity contribution >= 4 is 17.4 Å². The lowest BCUT2D eigenvalue weighted by Gasteiger charge is -2.21. The normalized spacial score (nSPS) is 12.2. The Labute approximate surface area is 167 Å². The minimum Gasteiger partial charge on any atom is -0.399 e. The molecule has 2 aromatic carbocycles. The Bertz CT molecular complexity index is 1110. The van der Waals surface area contributed by atoms with Crippen LogP contribution in [0.5, 0.6) is 0 Å². The zero-order chi connectivity index (χ0) is 20.5. The van der Waals surface area contributed by atoms with Crippen LogP contribution in [0.2, 0.25) is 0 Å². The Balaban J connectivity index is 1.61. The Morgan fingerprint density at radius 3 is 2.69 bits per heavy atom. The molecule has 0 saturated heterocycles. The highest BCUT2D eigenvalue weighted by Crippen LogP contribution is 2.33. The second-order valence-corrected chi connectivity index (χ2v) is 7.06. The summed E-state index contributed by atoms with van der Waals surface area (Å²) in [5.74, 6) is -1.86. The van der Waals surface area contributed by atoms with Gasteiger partial charge in [-0.15, -0.1) is 0 Å². The van der Waals surface area contributed by atoms with Crippen molar-refractivity contribution < 1.29 is 13.6 Å². The van der Waals surface area contributed by atoms with Gasteiger partial charge in [-0.25, -0.2) is 18.7 Å². The summed E-state index contributed by atoms with van der Waals surface area (Å²) in [5.41, 5.74) is 11.5. The number of hydrogen-bond acceptors (Lipinski definition) is 4. The van der Waals surface area contributed by atoms with E-state index >= 15 is 0 Å². The van der Waals surface area contributed by atoms with Crippen molar-refractivity contribution in [2.75, 3.05) is 11.1 Å². The molecule has 3 aromatic rings. The number of halogens is 2. The van der Waals surface area contributed by atoms with Crippen LogP contribution in [-0.4, -0.2) is 15.9 Å². The molecule has 148 valence electrons. The predicted molar refractivity (Wildman–Crippen MR) is 107 cm³/mol. The lowest BCUT2D eigenvalue weighted by molar-refractivity contribution is -0.115. The zero-order valence-corrected chi connectivity index (χ0v) is 15.9. The quantitative estimate of drug-likeness (QED) is 0.659. The number of fused-ring (bicyclic) bond motifs is 3. The minimum absolute atomic E-state index is 0.0821. The van der Waals surface area contributed by atoms with Crippen LogP contribution in [0.3, 0.4) is 0 Å². The lowest BCUT2D eigenvalue weighted by Crippen LogP contribution is -2.19. The molecule has 1 amide bonds. The van der Waals surface area contributed by atoms with Gasteiger partial charge in [0.2, 0.25) is 5.91 Å². The van der Waals surface area contributed by atoms with Crippen LogP contribution in [0.1, 0.15) is 29.4 Å². The van der Waals surface area contributed by atoms with E-state index in [0.717, 1.165) is 46.8 Å². The van der Waals surface area contributed by atoms with E-state index in [-0.39, 0.29) is 12.3 Å². The molecule has 29 heavy (non-hydrogen) atoms. The molecule has 0 atom stereocenters. The van der Waals surface area contributed by atoms with E-state index in [1.165, 1.54) is 6.07 Å². The molecule has 0 aliphatic heterocycles. The number of nitrogens with two attached hydrogens (primary N) is 1. The fraction of sp³-hybridized carbons (Fsp3) is 0.227. The molecule has 5 nitrogen and oxygen atoms in total. The van der Waals surface area contributed by atoms with E-state index in [2.05, 4.69) is 10.3 Å². The number of aryl methyl sites for hydroxylation is 3. The smallest absolute Gasteiger partial charge is 0.229 e. The third-order valence-electron chi connectivity index (χ3n) is 5.00. The van der Waals surface area contributed by atoms with Gasteiger partial charge in [0.1, 0.15) is 0 Å². The summed E-state index contributed by atoms with van der Waals surface area (Å²) in [6.45, 7) is 1.94. The molecule has 0 radical (unpaired) electrons. The molecule has 3 N–H and O–H groups in total. The third-order valence-corrected chi connectivity index (χ3v) is 5.00. The second kappa shape index (κ2) is 7.58. The largest absolute Gasteiger partial charge is 0.399 e. The van der Waals surface area contributed by atoms with Gasteiger partial charge in [0.15, 0.2) is 17.5 Å². The molecular weight excluding hydrogens is 374 g/mol. The molecule has 0 unspecified atom stereocenters. The van der Waals surface area contributed by atoms with E-state index in [0.29, 0.717) is 29.9 Å². The molecule has 1 aliphatic rings. The van der Waals surface area contributed by atoms with E-state index in [1.54, 1.807) is 0 Å². The van der Waals surface area contributed by atoms with Crippen LogP contribution in [-0.2, 0) is 30.5 Å². The maximum absolute atomic E-state index is 13.4. The van der Waals surface area contributed by atoms with Gasteiger partial charge in [-0.2, -0.15) is 0 Å². The fourth-order valence-electron chi connectivity index (χ4n) is 3.56. The first-order valence-electron chi connectivity index (χ1n) is 9.47. The van der Waals surface area contributed by atoms with E-state index in [4.69, 9.17) is 10.7 Å². The summed E-state index contributed by atoms with van der Waals surface area (Å²) in [6.07, 6.45) is 2.01. The van der Waals surface area contributed by atoms with Gasteiger partial charge in [-0.3, -0.25) is 4.79 Å². The van der Waals surface area contributed by atoms with E-state index < -0.39 is 11.6 Å². The van der Waals surface area contributed by atoms with E-state index in [1.807, 2.05) is 25.1 Å². The number of hydrogen-bond donors (Lipinski definition) is 2. The Hall–Kier alpha value is -3.35. The number of nitrogen functional groups attached to an aromatic ring is 1. The maximum atomic E-state index is 13.4. The summed E-state index contributed by atoms with van der Waals surface area (Å²) < 4.78 is 26.4. The lowest BCUT2D eigenvalue weighted by atomic mass is 9.91. The van der Waals surface area contributed by atoms with Crippen LogP contribution in [0.15, 0.2) is 36.4 Å². The molecule has 1 aromatic heterocycles. The van der Waals surface area contributed by atoms with Crippen molar-refractivity contribution in [1.82, 2.24) is 9.97 Å².